The molecule has 380 valence electrons. The van der Waals surface area contributed by atoms with Gasteiger partial charge in [-0.2, -0.15) is 19.9 Å². The third kappa shape index (κ3) is 16.1. The minimum absolute atomic E-state index is 0.0516. The number of benzene rings is 2. The molecule has 0 aliphatic heterocycles. The van der Waals surface area contributed by atoms with Gasteiger partial charge in [0.05, 0.1) is 10.8 Å². The quantitative estimate of drug-likeness (QED) is 0.0411. The maximum absolute atomic E-state index is 13.1. The Hall–Kier alpha value is -8.42. The number of nitrogen functional groups attached to an aromatic ring is 4. The number of carbonyl (C=O) groups is 4. The van der Waals surface area contributed by atoms with Crippen LogP contribution >= 0.6 is 0 Å². The molecule has 20 heteroatoms. The van der Waals surface area contributed by atoms with E-state index in [0.717, 1.165) is 35.3 Å². The minimum Gasteiger partial charge on any atom is -0.481 e. The number of carboxylic acids is 2. The van der Waals surface area contributed by atoms with Gasteiger partial charge < -0.3 is 53.6 Å². The van der Waals surface area contributed by atoms with Gasteiger partial charge in [0.25, 0.3) is 11.8 Å². The van der Waals surface area contributed by atoms with Gasteiger partial charge in [-0.25, -0.2) is 14.8 Å². The molecule has 0 radical (unpaired) electrons. The molecule has 0 spiro atoms. The van der Waals surface area contributed by atoms with E-state index in [9.17, 15) is 24.3 Å². The Labute approximate surface area is 419 Å². The van der Waals surface area contributed by atoms with E-state index in [0.29, 0.717) is 46.5 Å². The van der Waals surface area contributed by atoms with Crippen molar-refractivity contribution < 1.29 is 29.4 Å². The second-order valence-corrected chi connectivity index (χ2v) is 19.6. The van der Waals surface area contributed by atoms with Gasteiger partial charge in [0.2, 0.25) is 11.9 Å². The van der Waals surface area contributed by atoms with Gasteiger partial charge in [-0.15, -0.1) is 0 Å². The first kappa shape index (κ1) is 54.5. The summed E-state index contributed by atoms with van der Waals surface area (Å²) in [6, 6.07) is 16.7. The SMILES string of the molecule is CN(Cc1cnc2nc(N)nc(N)c2c1)c1ccc(C(=O)NC(CCC(=O)O)C(=O)O)cc1.CN(Cc1cnc2nc(N)nc(N)c2c1)c1ccc(C(=O)NC(CCC=CC=CC(C)(C)C)C(C)(C)C)cc1. The molecule has 12 N–H and O–H groups in total. The van der Waals surface area contributed by atoms with Gasteiger partial charge in [-0.1, -0.05) is 65.8 Å². The Morgan fingerprint density at radius 1 is 0.653 bits per heavy atom. The Morgan fingerprint density at radius 2 is 1.11 bits per heavy atom. The first-order valence-electron chi connectivity index (χ1n) is 23.2. The molecule has 2 amide bonds. The van der Waals surface area contributed by atoms with Crippen LogP contribution in [-0.4, -0.2) is 90.0 Å². The smallest absolute Gasteiger partial charge is 0.326 e. The highest BCUT2D eigenvalue weighted by Crippen LogP contribution is 2.26. The Balaban J connectivity index is 0.000000271. The monoisotopic (exact) mass is 983 g/mol. The number of nitrogens with one attached hydrogen (secondary N) is 2. The minimum atomic E-state index is -1.29. The van der Waals surface area contributed by atoms with E-state index in [4.69, 9.17) is 28.0 Å². The third-order valence-corrected chi connectivity index (χ3v) is 11.4. The fourth-order valence-electron chi connectivity index (χ4n) is 7.34. The lowest BCUT2D eigenvalue weighted by Crippen LogP contribution is -2.43. The van der Waals surface area contributed by atoms with Crippen LogP contribution < -0.4 is 43.4 Å². The lowest BCUT2D eigenvalue weighted by molar-refractivity contribution is -0.140. The summed E-state index contributed by atoms with van der Waals surface area (Å²) in [7, 11) is 3.84. The largest absolute Gasteiger partial charge is 0.481 e. The Kier molecular flexibility index (Phi) is 18.1. The molecule has 2 atom stereocenters. The Morgan fingerprint density at radius 3 is 1.53 bits per heavy atom. The van der Waals surface area contributed by atoms with Crippen molar-refractivity contribution in [2.24, 2.45) is 10.8 Å². The second kappa shape index (κ2) is 23.9. The Bertz CT molecular complexity index is 2930. The number of nitrogens with two attached hydrogens (primary N) is 4. The molecule has 0 fully saturated rings. The van der Waals surface area contributed by atoms with Crippen LogP contribution in [0.15, 0.2) is 97.4 Å². The predicted molar refractivity (Wildman–Crippen MR) is 283 cm³/mol. The van der Waals surface area contributed by atoms with Gasteiger partial charge in [0, 0.05) is 74.5 Å². The van der Waals surface area contributed by atoms with E-state index in [2.05, 4.69) is 111 Å². The summed E-state index contributed by atoms with van der Waals surface area (Å²) < 4.78 is 0. The molecule has 6 aromatic rings. The first-order chi connectivity index (χ1) is 33.9. The van der Waals surface area contributed by atoms with Gasteiger partial charge in [-0.05, 0) is 102 Å². The number of anilines is 6. The highest BCUT2D eigenvalue weighted by atomic mass is 16.4. The zero-order chi connectivity index (χ0) is 52.9. The molecule has 2 aromatic carbocycles. The lowest BCUT2D eigenvalue weighted by atomic mass is 9.83. The van der Waals surface area contributed by atoms with Crippen molar-refractivity contribution in [1.82, 2.24) is 40.5 Å². The predicted octanol–water partition coefficient (Wildman–Crippen LogP) is 6.78. The summed E-state index contributed by atoms with van der Waals surface area (Å²) >= 11 is 0. The van der Waals surface area contributed by atoms with Crippen LogP contribution in [-0.2, 0) is 22.7 Å². The average Bonchev–Trinajstić information content (AvgIpc) is 3.30. The number of allylic oxidation sites excluding steroid dienone is 4. The standard InChI is InChI=1S/C31H43N7O.C21H23N7O5/c1-30(2,3)17-11-9-8-10-12-25(31(4,5)6)35-28(39)22-13-15-23(16-14-22)38(7)20-21-18-24-26(32)36-29(33)37-27(24)34-19-21;1-28(10-11-8-14-17(22)26-21(23)27-18(14)24-9-11)13-4-2-12(3-5-13)19(31)25-15(20(32)33)6-7-16(29)30/h8-9,11,13-19,25H,10,12,20H2,1-7H3,(H,35,39)(H4,32,33,34,36,37);2-5,8-9,15H,6-7,10H2,1H3,(H,25,31)(H,29,30)(H,32,33)(H4,22,23,24,26,27). The molecule has 6 rings (SSSR count). The van der Waals surface area contributed by atoms with E-state index < -0.39 is 23.9 Å². The summed E-state index contributed by atoms with van der Waals surface area (Å²) in [6.45, 7) is 14.1. The van der Waals surface area contributed by atoms with Crippen LogP contribution in [0, 0.1) is 10.8 Å². The molecular formula is C52H66N14O6. The van der Waals surface area contributed by atoms with E-state index in [1.165, 1.54) is 0 Å². The fraction of sp³-hybridized carbons (Fsp3) is 0.346. The molecule has 0 aliphatic rings. The normalized spacial score (nSPS) is 12.6. The first-order valence-corrected chi connectivity index (χ1v) is 23.2. The van der Waals surface area contributed by atoms with Crippen molar-refractivity contribution in [2.75, 3.05) is 46.8 Å². The summed E-state index contributed by atoms with van der Waals surface area (Å²) in [4.78, 5) is 76.3. The van der Waals surface area contributed by atoms with Crippen molar-refractivity contribution in [1.29, 1.82) is 0 Å². The van der Waals surface area contributed by atoms with Crippen molar-refractivity contribution in [3.05, 3.63) is 120 Å². The van der Waals surface area contributed by atoms with Crippen LogP contribution in [0.1, 0.15) is 99.1 Å². The van der Waals surface area contributed by atoms with Gasteiger partial charge in [0.1, 0.15) is 17.7 Å². The van der Waals surface area contributed by atoms with Crippen LogP contribution in [0.25, 0.3) is 22.1 Å². The number of nitrogens with zero attached hydrogens (tertiary/aromatic N) is 8. The number of hydrogen-bond donors (Lipinski definition) is 8. The van der Waals surface area contributed by atoms with Crippen LogP contribution in [0.3, 0.4) is 0 Å². The molecule has 4 heterocycles. The summed E-state index contributed by atoms with van der Waals surface area (Å²) in [5.41, 5.74) is 28.7. The number of carboxylic acid groups (broad SMARTS) is 2. The molecular weight excluding hydrogens is 917 g/mol. The van der Waals surface area contributed by atoms with Gasteiger partial charge in [-0.3, -0.25) is 14.4 Å². The summed E-state index contributed by atoms with van der Waals surface area (Å²) in [5.74, 6) is -2.37. The number of carbonyl (C=O) groups excluding carboxylic acids is 2. The van der Waals surface area contributed by atoms with E-state index >= 15 is 0 Å². The number of amides is 2. The van der Waals surface area contributed by atoms with Crippen LogP contribution in [0.4, 0.5) is 34.9 Å². The lowest BCUT2D eigenvalue weighted by Gasteiger charge is -2.31. The summed E-state index contributed by atoms with van der Waals surface area (Å²) in [6.07, 6.45) is 13.2. The topological polar surface area (TPSA) is 321 Å². The molecule has 2 unspecified atom stereocenters. The van der Waals surface area contributed by atoms with Crippen molar-refractivity contribution in [3.63, 3.8) is 0 Å². The molecule has 0 saturated carbocycles. The second-order valence-electron chi connectivity index (χ2n) is 19.6. The van der Waals surface area contributed by atoms with Crippen molar-refractivity contribution in [3.8, 4) is 0 Å². The molecule has 4 aromatic heterocycles. The highest BCUT2D eigenvalue weighted by molar-refractivity contribution is 5.97. The number of hydrogen-bond acceptors (Lipinski definition) is 16. The average molecular weight is 983 g/mol. The highest BCUT2D eigenvalue weighted by Gasteiger charge is 2.26. The van der Waals surface area contributed by atoms with E-state index in [1.54, 1.807) is 36.7 Å². The number of rotatable bonds is 18. The third-order valence-electron chi connectivity index (χ3n) is 11.4. The molecule has 72 heavy (non-hydrogen) atoms. The molecule has 0 saturated heterocycles. The fourth-order valence-corrected chi connectivity index (χ4v) is 7.34. The molecule has 20 nitrogen and oxygen atoms in total. The molecule has 0 bridgehead atoms. The maximum atomic E-state index is 13.1. The van der Waals surface area contributed by atoms with Crippen molar-refractivity contribution >= 4 is 80.7 Å². The molecule has 0 aliphatic carbocycles. The van der Waals surface area contributed by atoms with E-state index in [1.807, 2.05) is 55.4 Å². The van der Waals surface area contributed by atoms with Crippen LogP contribution in [0.2, 0.25) is 0 Å². The van der Waals surface area contributed by atoms with Crippen LogP contribution in [0.5, 0.6) is 0 Å². The maximum Gasteiger partial charge on any atom is 0.326 e. The van der Waals surface area contributed by atoms with Gasteiger partial charge in [0.15, 0.2) is 11.3 Å². The summed E-state index contributed by atoms with van der Waals surface area (Å²) in [5, 5.41) is 24.8. The number of aliphatic carboxylic acids is 2. The zero-order valence-corrected chi connectivity index (χ0v) is 42.0. The van der Waals surface area contributed by atoms with Crippen molar-refractivity contribution in [2.45, 2.75) is 92.4 Å². The number of fused-ring (bicyclic) bond motifs is 2. The number of pyridine rings is 2. The van der Waals surface area contributed by atoms with E-state index in [-0.39, 0.29) is 58.9 Å². The van der Waals surface area contributed by atoms with Gasteiger partial charge >= 0.3 is 11.9 Å². The zero-order valence-electron chi connectivity index (χ0n) is 42.0. The number of aromatic nitrogens is 6.